The highest BCUT2D eigenvalue weighted by Gasteiger charge is 3.03. The molecule has 0 amide bonds. The maximum atomic E-state index is 13.5. The minimum absolute atomic E-state index is 0.321. The molecular weight excluding hydrogens is 729 g/mol. The van der Waals surface area contributed by atoms with Crippen LogP contribution in [0.1, 0.15) is 161 Å². The molecule has 0 aromatic carbocycles. The minimum atomic E-state index is -1.65. The Morgan fingerprint density at radius 2 is 1.21 bits per heavy atom. The zero-order valence-corrected chi connectivity index (χ0v) is 34.7. The van der Waals surface area contributed by atoms with Gasteiger partial charge >= 0.3 is 5.69 Å². The van der Waals surface area contributed by atoms with Crippen LogP contribution in [-0.2, 0) is 16.0 Å². The van der Waals surface area contributed by atoms with Crippen LogP contribution in [0, 0.1) is 46.8 Å². The largest absolute Gasteiger partial charge is 0.394 e. The number of hydrogen-bond acceptors (Lipinski definition) is 11. The highest BCUT2D eigenvalue weighted by molar-refractivity contribution is 5.49. The van der Waals surface area contributed by atoms with E-state index in [4.69, 9.17) is 9.47 Å². The summed E-state index contributed by atoms with van der Waals surface area (Å²) in [5, 5.41) is 71.2. The molecule has 7 aliphatic rings. The molecule has 0 bridgehead atoms. The molecule has 1 aromatic heterocycles. The van der Waals surface area contributed by atoms with E-state index in [0.717, 1.165) is 48.6 Å². The summed E-state index contributed by atoms with van der Waals surface area (Å²) in [4.78, 5) is 13.5. The number of aromatic nitrogens is 4. The van der Waals surface area contributed by atoms with Gasteiger partial charge in [-0.15, -0.1) is 0 Å². The number of unbranched alkanes of at least 4 members (excludes halogenated alkanes) is 19. The third-order valence-corrected chi connectivity index (χ3v) is 16.1. The van der Waals surface area contributed by atoms with Gasteiger partial charge in [-0.25, -0.2) is 4.79 Å². The van der Waals surface area contributed by atoms with E-state index >= 15 is 0 Å². The number of nitrogens with zero attached hydrogens (tertiary/aromatic N) is 4. The maximum Gasteiger partial charge on any atom is 0.364 e. The monoisotopic (exact) mass is 805 g/mol. The summed E-state index contributed by atoms with van der Waals surface area (Å²) in [6, 6.07) is -1.17. The van der Waals surface area contributed by atoms with E-state index in [1.54, 1.807) is 0 Å². The van der Waals surface area contributed by atoms with Crippen molar-refractivity contribution < 1.29 is 40.1 Å². The molecule has 8 atom stereocenters. The van der Waals surface area contributed by atoms with E-state index in [1.807, 2.05) is 0 Å². The van der Waals surface area contributed by atoms with Crippen molar-refractivity contribution in [3.05, 3.63) is 10.5 Å². The van der Waals surface area contributed by atoms with Crippen molar-refractivity contribution >= 4 is 0 Å². The summed E-state index contributed by atoms with van der Waals surface area (Å²) in [5.74, 6) is 8.36. The highest BCUT2D eigenvalue weighted by Crippen LogP contribution is 3.06. The number of aryl methyl sites for hydroxylation is 1. The second-order valence-corrected chi connectivity index (χ2v) is 19.2. The maximum absolute atomic E-state index is 13.5. The molecule has 1 aliphatic heterocycles. The van der Waals surface area contributed by atoms with Gasteiger partial charge in [0.25, 0.3) is 0 Å². The van der Waals surface area contributed by atoms with Gasteiger partial charge in [-0.05, 0) is 76.5 Å². The van der Waals surface area contributed by atoms with Crippen LogP contribution in [-0.4, -0.2) is 107 Å². The average molecular weight is 805 g/mol. The van der Waals surface area contributed by atoms with Crippen molar-refractivity contribution in [2.24, 2.45) is 46.8 Å². The van der Waals surface area contributed by atoms with Gasteiger partial charge in [-0.3, -0.25) is 0 Å². The molecule has 13 heteroatoms. The van der Waals surface area contributed by atoms with Gasteiger partial charge in [0.05, 0.1) is 19.3 Å². The Labute approximate surface area is 339 Å². The van der Waals surface area contributed by atoms with Gasteiger partial charge in [0.1, 0.15) is 36.6 Å². The lowest BCUT2D eigenvalue weighted by atomic mass is 8.96. The fraction of sp³-hybridized carbons (Fsp3) is 0.977. The lowest BCUT2D eigenvalue weighted by Crippen LogP contribution is -3.05. The van der Waals surface area contributed by atoms with Gasteiger partial charge < -0.3 is 40.1 Å². The molecule has 6 N–H and O–H groups in total. The van der Waals surface area contributed by atoms with Gasteiger partial charge in [0, 0.05) is 6.54 Å². The zero-order chi connectivity index (χ0) is 40.1. The Bertz CT molecular complexity index is 1390. The number of ether oxygens (including phenoxy) is 2. The summed E-state index contributed by atoms with van der Waals surface area (Å²) in [6.45, 7) is 1.58. The first-order valence-corrected chi connectivity index (χ1v) is 23.6. The molecule has 13 nitrogen and oxygen atoms in total. The number of tetrazole rings is 1. The molecular formula is C44H76N4O9. The Morgan fingerprint density at radius 1 is 0.684 bits per heavy atom. The fourth-order valence-electron chi connectivity index (χ4n) is 13.1. The fourth-order valence-corrected chi connectivity index (χ4v) is 13.1. The van der Waals surface area contributed by atoms with Crippen LogP contribution in [0.15, 0.2) is 4.79 Å². The van der Waals surface area contributed by atoms with E-state index in [0.29, 0.717) is 19.4 Å². The predicted molar refractivity (Wildman–Crippen MR) is 214 cm³/mol. The SMILES string of the molecule is CCCCCCCCCCCCCC[C@@H](O)[C@@H](O)[C@H](COC1OC(CO)C(O)C(O)C1O)n1nnn(CCCCCCCCCCCC23C4C5C6C4C2C6C53)c1=O. The van der Waals surface area contributed by atoms with E-state index in [-0.39, 0.29) is 0 Å². The summed E-state index contributed by atoms with van der Waals surface area (Å²) in [6.07, 6.45) is 16.6. The standard InChI is InChI=1S/C44H76N4O9/c1-2-3-4-5-6-7-8-9-11-14-17-20-23-29(50)38(51)28(27-56-42-41(54)40(53)39(52)30(26-49)57-42)48-43(55)47(45-46-48)25-22-19-16-13-10-12-15-18-21-24-44-35-32-31-33(35)37(44)34(31)36(32)44/h28-42,49-54H,2-27H2,1H3/t28-,29+,30?,31?,32?,33?,34?,35?,36?,37?,38-,39?,40?,41?,42?,44?/m0/s1. The molecule has 6 saturated carbocycles. The van der Waals surface area contributed by atoms with Crippen molar-refractivity contribution in [2.45, 2.75) is 210 Å². The topological polar surface area (TPSA) is 193 Å². The van der Waals surface area contributed by atoms with Crippen molar-refractivity contribution in [2.75, 3.05) is 13.2 Å². The molecule has 6 aliphatic carbocycles. The summed E-state index contributed by atoms with van der Waals surface area (Å²) in [7, 11) is 0. The van der Waals surface area contributed by atoms with Crippen LogP contribution in [0.3, 0.4) is 0 Å². The van der Waals surface area contributed by atoms with Gasteiger partial charge in [-0.2, -0.15) is 9.36 Å². The second-order valence-electron chi connectivity index (χ2n) is 19.2. The molecule has 0 radical (unpaired) electrons. The van der Waals surface area contributed by atoms with Crippen molar-refractivity contribution in [1.82, 2.24) is 19.8 Å². The summed E-state index contributed by atoms with van der Waals surface area (Å²) in [5.41, 5.74) is 0.330. The van der Waals surface area contributed by atoms with Crippen LogP contribution < -0.4 is 5.69 Å². The lowest BCUT2D eigenvalue weighted by molar-refractivity contribution is -0.616. The van der Waals surface area contributed by atoms with E-state index in [1.165, 1.54) is 142 Å². The molecule has 8 rings (SSSR count). The number of rotatable bonds is 32. The Morgan fingerprint density at radius 3 is 1.77 bits per heavy atom. The van der Waals surface area contributed by atoms with E-state index in [9.17, 15) is 35.4 Å². The third-order valence-electron chi connectivity index (χ3n) is 16.1. The first-order valence-electron chi connectivity index (χ1n) is 23.6. The number of aliphatic hydroxyl groups is 6. The first-order chi connectivity index (χ1) is 27.8. The van der Waals surface area contributed by atoms with Crippen LogP contribution in [0.25, 0.3) is 0 Å². The minimum Gasteiger partial charge on any atom is -0.394 e. The molecule has 5 unspecified atom stereocenters. The second kappa shape index (κ2) is 19.9. The van der Waals surface area contributed by atoms with Crippen LogP contribution >= 0.6 is 0 Å². The van der Waals surface area contributed by atoms with Crippen LogP contribution in [0.2, 0.25) is 0 Å². The van der Waals surface area contributed by atoms with E-state index < -0.39 is 67.9 Å². The molecule has 57 heavy (non-hydrogen) atoms. The normalized spacial score (nSPS) is 36.7. The van der Waals surface area contributed by atoms with Crippen LogP contribution in [0.4, 0.5) is 0 Å². The summed E-state index contributed by atoms with van der Waals surface area (Å²) >= 11 is 0. The van der Waals surface area contributed by atoms with Crippen molar-refractivity contribution in [1.29, 1.82) is 0 Å². The Hall–Kier alpha value is -1.45. The first kappa shape index (κ1) is 43.6. The zero-order valence-electron chi connectivity index (χ0n) is 34.7. The molecule has 1 saturated heterocycles. The van der Waals surface area contributed by atoms with Gasteiger partial charge in [-0.1, -0.05) is 135 Å². The molecule has 326 valence electrons. The van der Waals surface area contributed by atoms with Gasteiger partial charge in [0.15, 0.2) is 6.29 Å². The Balaban J connectivity index is 0.801. The lowest BCUT2D eigenvalue weighted by Gasteiger charge is -3.08. The number of aliphatic hydroxyl groups excluding tert-OH is 6. The highest BCUT2D eigenvalue weighted by atomic mass is 16.7. The van der Waals surface area contributed by atoms with Crippen molar-refractivity contribution in [3.63, 3.8) is 0 Å². The quantitative estimate of drug-likeness (QED) is 0.0544. The Kier molecular flexibility index (Phi) is 15.3. The van der Waals surface area contributed by atoms with E-state index in [2.05, 4.69) is 17.4 Å². The summed E-state index contributed by atoms with van der Waals surface area (Å²) < 4.78 is 13.5. The average Bonchev–Trinajstić information content (AvgIpc) is 3.58. The third kappa shape index (κ3) is 8.45. The molecule has 1 aromatic rings. The van der Waals surface area contributed by atoms with Crippen LogP contribution in [0.5, 0.6) is 0 Å². The molecule has 0 spiro atoms. The van der Waals surface area contributed by atoms with Gasteiger partial charge in [0.2, 0.25) is 0 Å². The van der Waals surface area contributed by atoms with Crippen molar-refractivity contribution in [3.8, 4) is 0 Å². The molecule has 7 fully saturated rings. The molecule has 2 heterocycles. The number of hydrogen-bond donors (Lipinski definition) is 6. The predicted octanol–water partition coefficient (Wildman–Crippen LogP) is 4.88. The smallest absolute Gasteiger partial charge is 0.364 e.